The lowest BCUT2D eigenvalue weighted by molar-refractivity contribution is -0.386. The van der Waals surface area contributed by atoms with Crippen LogP contribution < -0.4 is 9.47 Å². The highest BCUT2D eigenvalue weighted by molar-refractivity contribution is 5.49. The maximum atomic E-state index is 11.9. The van der Waals surface area contributed by atoms with Crippen molar-refractivity contribution in [3.63, 3.8) is 0 Å². The number of nitro benzene ring substituents is 1. The number of hydrogen-bond acceptors (Lipinski definition) is 6. The first-order valence-corrected chi connectivity index (χ1v) is 13.0. The third kappa shape index (κ3) is 7.89. The summed E-state index contributed by atoms with van der Waals surface area (Å²) in [5.74, 6) is 0.981. The van der Waals surface area contributed by atoms with Crippen LogP contribution in [0.5, 0.6) is 11.5 Å². The van der Waals surface area contributed by atoms with Crippen molar-refractivity contribution in [3.8, 4) is 11.5 Å². The molecule has 0 saturated carbocycles. The van der Waals surface area contributed by atoms with Crippen LogP contribution >= 0.6 is 0 Å². The first-order valence-electron chi connectivity index (χ1n) is 13.0. The molecule has 0 aliphatic rings. The Morgan fingerprint density at radius 3 is 2.13 bits per heavy atom. The third-order valence-electron chi connectivity index (χ3n) is 6.75. The largest absolute Gasteiger partial charge is 0.497 e. The van der Waals surface area contributed by atoms with E-state index in [1.807, 2.05) is 72.8 Å². The fourth-order valence-electron chi connectivity index (χ4n) is 4.52. The van der Waals surface area contributed by atoms with Crippen molar-refractivity contribution < 1.29 is 19.5 Å². The maximum Gasteiger partial charge on any atom is 0.311 e. The number of hydrogen-bond donors (Lipinski definition) is 1. The number of methoxy groups -OCH3 is 1. The van der Waals surface area contributed by atoms with E-state index in [2.05, 4.69) is 24.0 Å². The van der Waals surface area contributed by atoms with Crippen molar-refractivity contribution in [3.05, 3.63) is 135 Å². The minimum atomic E-state index is -0.922. The summed E-state index contributed by atoms with van der Waals surface area (Å²) in [5.41, 5.74) is 3.51. The van der Waals surface area contributed by atoms with E-state index in [9.17, 15) is 15.2 Å². The van der Waals surface area contributed by atoms with Gasteiger partial charge in [-0.15, -0.1) is 0 Å². The number of rotatable bonds is 13. The molecule has 0 aliphatic carbocycles. The standard InChI is InChI=1S/C32H34N2O5/c1-24(19-25-13-16-29(38-2)17-14-25)33(21-26-9-5-3-6-10-26)22-31(35)28-15-18-32(30(20-28)34(36)37)39-23-27-11-7-4-8-12-27/h3-18,20,24,31,35H,19,21-23H2,1-2H3/t24-,31?/m1/s1. The van der Waals surface area contributed by atoms with E-state index in [1.165, 1.54) is 6.07 Å². The Hall–Kier alpha value is -4.20. The van der Waals surface area contributed by atoms with Crippen molar-refractivity contribution in [2.75, 3.05) is 13.7 Å². The number of benzene rings is 4. The molecule has 0 radical (unpaired) electrons. The van der Waals surface area contributed by atoms with Crippen molar-refractivity contribution in [1.82, 2.24) is 4.90 Å². The number of nitro groups is 1. The molecule has 0 bridgehead atoms. The normalized spacial score (nSPS) is 12.6. The van der Waals surface area contributed by atoms with Gasteiger partial charge in [0.1, 0.15) is 12.4 Å². The summed E-state index contributed by atoms with van der Waals surface area (Å²) in [5, 5.41) is 23.1. The first-order chi connectivity index (χ1) is 18.9. The van der Waals surface area contributed by atoms with E-state index in [-0.39, 0.29) is 24.1 Å². The molecule has 7 heteroatoms. The van der Waals surface area contributed by atoms with Gasteiger partial charge in [-0.2, -0.15) is 0 Å². The molecule has 0 amide bonds. The summed E-state index contributed by atoms with van der Waals surface area (Å²) in [6, 6.07) is 32.3. The number of aliphatic hydroxyl groups is 1. The van der Waals surface area contributed by atoms with Crippen LogP contribution in [-0.2, 0) is 19.6 Å². The van der Waals surface area contributed by atoms with Crippen LogP contribution in [0.2, 0.25) is 0 Å². The molecule has 39 heavy (non-hydrogen) atoms. The minimum Gasteiger partial charge on any atom is -0.497 e. The lowest BCUT2D eigenvalue weighted by Crippen LogP contribution is -2.37. The summed E-state index contributed by atoms with van der Waals surface area (Å²) in [7, 11) is 1.65. The minimum absolute atomic E-state index is 0.0942. The summed E-state index contributed by atoms with van der Waals surface area (Å²) in [4.78, 5) is 13.6. The predicted molar refractivity (Wildman–Crippen MR) is 152 cm³/mol. The van der Waals surface area contributed by atoms with Crippen LogP contribution in [0.4, 0.5) is 5.69 Å². The number of aliphatic hydroxyl groups excluding tert-OH is 1. The highest BCUT2D eigenvalue weighted by Gasteiger charge is 2.23. The van der Waals surface area contributed by atoms with Gasteiger partial charge in [0.2, 0.25) is 0 Å². The van der Waals surface area contributed by atoms with Crippen LogP contribution in [-0.4, -0.2) is 34.6 Å². The van der Waals surface area contributed by atoms with Gasteiger partial charge in [-0.25, -0.2) is 0 Å². The molecule has 0 saturated heterocycles. The van der Waals surface area contributed by atoms with Crippen LogP contribution in [0.25, 0.3) is 0 Å². The van der Waals surface area contributed by atoms with Gasteiger partial charge in [0, 0.05) is 25.2 Å². The molecule has 0 aromatic heterocycles. The smallest absolute Gasteiger partial charge is 0.311 e. The molecule has 1 unspecified atom stereocenters. The van der Waals surface area contributed by atoms with E-state index in [0.717, 1.165) is 28.9 Å². The van der Waals surface area contributed by atoms with E-state index >= 15 is 0 Å². The van der Waals surface area contributed by atoms with Crippen molar-refractivity contribution in [2.24, 2.45) is 0 Å². The Morgan fingerprint density at radius 1 is 0.872 bits per heavy atom. The lowest BCUT2D eigenvalue weighted by atomic mass is 10.0. The number of nitrogens with zero attached hydrogens (tertiary/aromatic N) is 2. The van der Waals surface area contributed by atoms with Crippen molar-refractivity contribution >= 4 is 5.69 Å². The fourth-order valence-corrected chi connectivity index (χ4v) is 4.52. The zero-order chi connectivity index (χ0) is 27.6. The van der Waals surface area contributed by atoms with Crippen LogP contribution in [0.1, 0.15) is 35.3 Å². The highest BCUT2D eigenvalue weighted by Crippen LogP contribution is 2.32. The second-order valence-electron chi connectivity index (χ2n) is 9.59. The quantitative estimate of drug-likeness (QED) is 0.161. The van der Waals surface area contributed by atoms with Gasteiger partial charge in [0.15, 0.2) is 5.75 Å². The Balaban J connectivity index is 1.51. The molecular weight excluding hydrogens is 492 g/mol. The highest BCUT2D eigenvalue weighted by atomic mass is 16.6. The molecule has 1 N–H and O–H groups in total. The molecule has 4 aromatic carbocycles. The van der Waals surface area contributed by atoms with Gasteiger partial charge in [0.25, 0.3) is 0 Å². The summed E-state index contributed by atoms with van der Waals surface area (Å²) < 4.78 is 11.0. The fraction of sp³-hybridized carbons (Fsp3) is 0.250. The predicted octanol–water partition coefficient (Wildman–Crippen LogP) is 6.35. The summed E-state index contributed by atoms with van der Waals surface area (Å²) >= 11 is 0. The Kier molecular flexibility index (Phi) is 9.67. The average molecular weight is 527 g/mol. The van der Waals surface area contributed by atoms with Crippen LogP contribution in [0, 0.1) is 10.1 Å². The van der Waals surface area contributed by atoms with Gasteiger partial charge in [-0.3, -0.25) is 15.0 Å². The third-order valence-corrected chi connectivity index (χ3v) is 6.75. The second-order valence-corrected chi connectivity index (χ2v) is 9.59. The van der Waals surface area contributed by atoms with E-state index in [4.69, 9.17) is 9.47 Å². The maximum absolute atomic E-state index is 11.9. The molecule has 4 rings (SSSR count). The Bertz CT molecular complexity index is 1330. The van der Waals surface area contributed by atoms with Gasteiger partial charge in [0.05, 0.1) is 18.1 Å². The topological polar surface area (TPSA) is 85.1 Å². The zero-order valence-electron chi connectivity index (χ0n) is 22.3. The zero-order valence-corrected chi connectivity index (χ0v) is 22.3. The number of ether oxygens (including phenoxy) is 2. The molecule has 0 fully saturated rings. The molecule has 0 spiro atoms. The molecule has 7 nitrogen and oxygen atoms in total. The van der Waals surface area contributed by atoms with Gasteiger partial charge in [-0.1, -0.05) is 78.9 Å². The van der Waals surface area contributed by atoms with E-state index in [1.54, 1.807) is 19.2 Å². The van der Waals surface area contributed by atoms with Crippen LogP contribution in [0.15, 0.2) is 103 Å². The summed E-state index contributed by atoms with van der Waals surface area (Å²) in [6.07, 6.45) is -0.149. The van der Waals surface area contributed by atoms with Gasteiger partial charge in [-0.05, 0) is 53.8 Å². The van der Waals surface area contributed by atoms with E-state index in [0.29, 0.717) is 18.7 Å². The van der Waals surface area contributed by atoms with Crippen molar-refractivity contribution in [1.29, 1.82) is 0 Å². The molecule has 0 heterocycles. The summed E-state index contributed by atoms with van der Waals surface area (Å²) in [6.45, 7) is 3.29. The monoisotopic (exact) mass is 526 g/mol. The van der Waals surface area contributed by atoms with Crippen LogP contribution in [0.3, 0.4) is 0 Å². The van der Waals surface area contributed by atoms with Gasteiger partial charge < -0.3 is 14.6 Å². The molecule has 202 valence electrons. The molecule has 2 atom stereocenters. The Morgan fingerprint density at radius 2 is 1.51 bits per heavy atom. The average Bonchev–Trinajstić information content (AvgIpc) is 2.97. The molecular formula is C32H34N2O5. The lowest BCUT2D eigenvalue weighted by Gasteiger charge is -2.31. The molecule has 4 aromatic rings. The van der Waals surface area contributed by atoms with Gasteiger partial charge >= 0.3 is 5.69 Å². The first kappa shape index (κ1) is 27.8. The molecule has 0 aliphatic heterocycles. The SMILES string of the molecule is COc1ccc(C[C@@H](C)N(Cc2ccccc2)CC(O)c2ccc(OCc3ccccc3)c([N+](=O)[O-])c2)cc1. The second kappa shape index (κ2) is 13.6. The van der Waals surface area contributed by atoms with E-state index < -0.39 is 11.0 Å². The Labute approximate surface area is 229 Å². The van der Waals surface area contributed by atoms with Crippen molar-refractivity contribution in [2.45, 2.75) is 38.6 Å².